The number of aliphatic carboxylic acids is 1. The Hall–Kier alpha value is -1.79. The van der Waals surface area contributed by atoms with Gasteiger partial charge in [-0.3, -0.25) is 9.59 Å². The Bertz CT molecular complexity index is 369. The lowest BCUT2D eigenvalue weighted by Crippen LogP contribution is -2.47. The largest absolute Gasteiger partial charge is 0.481 e. The fraction of sp³-hybridized carbons (Fsp3) is 0.786. The first-order valence-corrected chi connectivity index (χ1v) is 7.16. The standard InChI is InChI=1S/C14H27N3O4/c1-6-7-17(9-12(18)16(4)5)14(21)15-8-11(10(2)3)13(19)20/h10-11H,6-9H2,1-5H3,(H,15,21)(H,19,20). The van der Waals surface area contributed by atoms with Crippen molar-refractivity contribution in [2.45, 2.75) is 27.2 Å². The number of carboxylic acid groups (broad SMARTS) is 1. The number of carboxylic acids is 1. The van der Waals surface area contributed by atoms with E-state index >= 15 is 0 Å². The van der Waals surface area contributed by atoms with Crippen LogP contribution < -0.4 is 5.32 Å². The third kappa shape index (κ3) is 6.97. The number of rotatable bonds is 8. The zero-order chi connectivity index (χ0) is 16.6. The van der Waals surface area contributed by atoms with Crippen molar-refractivity contribution in [2.24, 2.45) is 11.8 Å². The SMILES string of the molecule is CCCN(CC(=O)N(C)C)C(=O)NCC(C(=O)O)C(C)C. The molecule has 0 aliphatic heterocycles. The van der Waals surface area contributed by atoms with E-state index in [0.29, 0.717) is 6.54 Å². The molecule has 0 heterocycles. The highest BCUT2D eigenvalue weighted by Crippen LogP contribution is 2.10. The number of amides is 3. The van der Waals surface area contributed by atoms with Crippen molar-refractivity contribution in [3.8, 4) is 0 Å². The number of carbonyl (C=O) groups is 3. The molecule has 2 N–H and O–H groups in total. The summed E-state index contributed by atoms with van der Waals surface area (Å²) in [4.78, 5) is 37.7. The van der Waals surface area contributed by atoms with Crippen LogP contribution in [0.2, 0.25) is 0 Å². The Balaban J connectivity index is 4.61. The van der Waals surface area contributed by atoms with Gasteiger partial charge >= 0.3 is 12.0 Å². The van der Waals surface area contributed by atoms with E-state index in [0.717, 1.165) is 6.42 Å². The molecule has 0 radical (unpaired) electrons. The molecule has 0 rings (SSSR count). The first kappa shape index (κ1) is 19.2. The van der Waals surface area contributed by atoms with E-state index in [2.05, 4.69) is 5.32 Å². The fourth-order valence-corrected chi connectivity index (χ4v) is 1.74. The van der Waals surface area contributed by atoms with Crippen molar-refractivity contribution < 1.29 is 19.5 Å². The number of likely N-dealkylation sites (N-methyl/N-ethyl adjacent to an activating group) is 1. The fourth-order valence-electron chi connectivity index (χ4n) is 1.74. The summed E-state index contributed by atoms with van der Waals surface area (Å²) in [5.41, 5.74) is 0. The maximum Gasteiger partial charge on any atom is 0.317 e. The molecule has 0 bridgehead atoms. The molecule has 7 nitrogen and oxygen atoms in total. The lowest BCUT2D eigenvalue weighted by atomic mass is 9.96. The average Bonchev–Trinajstić information content (AvgIpc) is 2.36. The first-order valence-electron chi connectivity index (χ1n) is 7.16. The Morgan fingerprint density at radius 2 is 1.76 bits per heavy atom. The van der Waals surface area contributed by atoms with E-state index in [1.54, 1.807) is 27.9 Å². The van der Waals surface area contributed by atoms with E-state index < -0.39 is 17.9 Å². The molecule has 0 aromatic rings. The second-order valence-electron chi connectivity index (χ2n) is 5.58. The molecular weight excluding hydrogens is 274 g/mol. The smallest absolute Gasteiger partial charge is 0.317 e. The molecule has 21 heavy (non-hydrogen) atoms. The molecule has 1 unspecified atom stereocenters. The number of urea groups is 1. The van der Waals surface area contributed by atoms with Crippen molar-refractivity contribution in [1.29, 1.82) is 0 Å². The summed E-state index contributed by atoms with van der Waals surface area (Å²) in [7, 11) is 3.26. The summed E-state index contributed by atoms with van der Waals surface area (Å²) in [6.07, 6.45) is 0.723. The van der Waals surface area contributed by atoms with Crippen LogP contribution >= 0.6 is 0 Å². The number of carbonyl (C=O) groups excluding carboxylic acids is 2. The van der Waals surface area contributed by atoms with Crippen LogP contribution in [0.25, 0.3) is 0 Å². The van der Waals surface area contributed by atoms with Crippen LogP contribution in [0.3, 0.4) is 0 Å². The van der Waals surface area contributed by atoms with Crippen molar-refractivity contribution in [3.05, 3.63) is 0 Å². The van der Waals surface area contributed by atoms with Crippen LogP contribution in [-0.2, 0) is 9.59 Å². The molecule has 0 spiro atoms. The van der Waals surface area contributed by atoms with Crippen LogP contribution in [-0.4, -0.2) is 66.5 Å². The molecule has 7 heteroatoms. The van der Waals surface area contributed by atoms with Crippen molar-refractivity contribution in [1.82, 2.24) is 15.1 Å². The maximum absolute atomic E-state index is 12.1. The summed E-state index contributed by atoms with van der Waals surface area (Å²) in [6, 6.07) is -0.404. The molecule has 0 aromatic carbocycles. The Labute approximate surface area is 126 Å². The van der Waals surface area contributed by atoms with Gasteiger partial charge < -0.3 is 20.2 Å². The number of nitrogens with zero attached hydrogens (tertiary/aromatic N) is 2. The van der Waals surface area contributed by atoms with Gasteiger partial charge in [-0.05, 0) is 12.3 Å². The number of nitrogens with one attached hydrogen (secondary N) is 1. The normalized spacial score (nSPS) is 11.9. The van der Waals surface area contributed by atoms with Gasteiger partial charge in [0.15, 0.2) is 0 Å². The molecular formula is C14H27N3O4. The van der Waals surface area contributed by atoms with Gasteiger partial charge in [0.2, 0.25) is 5.91 Å². The topological polar surface area (TPSA) is 90.0 Å². The predicted molar refractivity (Wildman–Crippen MR) is 79.9 cm³/mol. The predicted octanol–water partition coefficient (Wildman–Crippen LogP) is 0.853. The second-order valence-corrected chi connectivity index (χ2v) is 5.58. The molecule has 0 aliphatic carbocycles. The number of hydrogen-bond acceptors (Lipinski definition) is 3. The molecule has 3 amide bonds. The molecule has 0 aliphatic rings. The highest BCUT2D eigenvalue weighted by atomic mass is 16.4. The molecule has 0 aromatic heterocycles. The maximum atomic E-state index is 12.1. The number of hydrogen-bond donors (Lipinski definition) is 2. The minimum absolute atomic E-state index is 0.00785. The van der Waals surface area contributed by atoms with Gasteiger partial charge in [0.25, 0.3) is 0 Å². The van der Waals surface area contributed by atoms with Gasteiger partial charge in [0.05, 0.1) is 5.92 Å². The van der Waals surface area contributed by atoms with Crippen molar-refractivity contribution in [2.75, 3.05) is 33.7 Å². The lowest BCUT2D eigenvalue weighted by Gasteiger charge is -2.25. The Kier molecular flexibility index (Phi) is 8.42. The third-order valence-corrected chi connectivity index (χ3v) is 3.20. The van der Waals surface area contributed by atoms with Gasteiger partial charge in [-0.15, -0.1) is 0 Å². The molecule has 1 atom stereocenters. The van der Waals surface area contributed by atoms with Crippen LogP contribution in [0.4, 0.5) is 4.79 Å². The van der Waals surface area contributed by atoms with Crippen LogP contribution in [0.5, 0.6) is 0 Å². The van der Waals surface area contributed by atoms with Gasteiger partial charge in [-0.2, -0.15) is 0 Å². The molecule has 122 valence electrons. The highest BCUT2D eigenvalue weighted by Gasteiger charge is 2.24. The van der Waals surface area contributed by atoms with Gasteiger partial charge in [0.1, 0.15) is 6.54 Å². The van der Waals surface area contributed by atoms with Crippen molar-refractivity contribution in [3.63, 3.8) is 0 Å². The second kappa shape index (κ2) is 9.20. The van der Waals surface area contributed by atoms with E-state index in [1.807, 2.05) is 6.92 Å². The van der Waals surface area contributed by atoms with E-state index in [1.165, 1.54) is 9.80 Å². The van der Waals surface area contributed by atoms with E-state index in [9.17, 15) is 14.4 Å². The summed E-state index contributed by atoms with van der Waals surface area (Å²) < 4.78 is 0. The van der Waals surface area contributed by atoms with Gasteiger partial charge in [-0.1, -0.05) is 20.8 Å². The quantitative estimate of drug-likeness (QED) is 0.695. The van der Waals surface area contributed by atoms with Crippen LogP contribution in [0.15, 0.2) is 0 Å². The summed E-state index contributed by atoms with van der Waals surface area (Å²) >= 11 is 0. The van der Waals surface area contributed by atoms with Crippen molar-refractivity contribution >= 4 is 17.9 Å². The zero-order valence-corrected chi connectivity index (χ0v) is 13.5. The van der Waals surface area contributed by atoms with Gasteiger partial charge in [-0.25, -0.2) is 4.79 Å². The molecule has 0 fully saturated rings. The van der Waals surface area contributed by atoms with Gasteiger partial charge in [0, 0.05) is 27.2 Å². The summed E-state index contributed by atoms with van der Waals surface area (Å²) in [5, 5.41) is 11.7. The van der Waals surface area contributed by atoms with E-state index in [-0.39, 0.29) is 24.9 Å². The summed E-state index contributed by atoms with van der Waals surface area (Å²) in [5.74, 6) is -1.82. The first-order chi connectivity index (χ1) is 9.70. The monoisotopic (exact) mass is 301 g/mol. The minimum atomic E-state index is -0.934. The van der Waals surface area contributed by atoms with Crippen LogP contribution in [0.1, 0.15) is 27.2 Å². The molecule has 0 saturated heterocycles. The molecule has 0 saturated carbocycles. The highest BCUT2D eigenvalue weighted by molar-refractivity contribution is 5.84. The summed E-state index contributed by atoms with van der Waals surface area (Å²) in [6.45, 7) is 6.00. The van der Waals surface area contributed by atoms with Crippen LogP contribution in [0, 0.1) is 11.8 Å². The zero-order valence-electron chi connectivity index (χ0n) is 13.5. The Morgan fingerprint density at radius 3 is 2.14 bits per heavy atom. The van der Waals surface area contributed by atoms with E-state index in [4.69, 9.17) is 5.11 Å². The Morgan fingerprint density at radius 1 is 1.19 bits per heavy atom. The average molecular weight is 301 g/mol. The lowest BCUT2D eigenvalue weighted by molar-refractivity contribution is -0.143. The minimum Gasteiger partial charge on any atom is -0.481 e. The third-order valence-electron chi connectivity index (χ3n) is 3.20.